The van der Waals surface area contributed by atoms with Gasteiger partial charge in [-0.15, -0.1) is 0 Å². The van der Waals surface area contributed by atoms with Crippen molar-refractivity contribution in [2.24, 2.45) is 0 Å². The predicted molar refractivity (Wildman–Crippen MR) is 77.3 cm³/mol. The van der Waals surface area contributed by atoms with E-state index in [1.54, 1.807) is 13.0 Å². The standard InChI is InChI=1S/C15H17NO5/c1-9-11-4-3-10(18)7-13(11)21-15(20)12(9)8-14(19)16-5-2-6-17/h3-4,7,17-18H,2,5-6,8H2,1H3,(H,16,19). The number of hydrogen-bond acceptors (Lipinski definition) is 5. The highest BCUT2D eigenvalue weighted by Crippen LogP contribution is 2.23. The predicted octanol–water partition coefficient (Wildman–Crippen LogP) is 0.848. The van der Waals surface area contributed by atoms with Crippen LogP contribution in [-0.2, 0) is 11.2 Å². The average molecular weight is 291 g/mol. The van der Waals surface area contributed by atoms with Crippen molar-refractivity contribution in [2.75, 3.05) is 13.2 Å². The van der Waals surface area contributed by atoms with Gasteiger partial charge >= 0.3 is 5.63 Å². The normalized spacial score (nSPS) is 10.8. The zero-order chi connectivity index (χ0) is 15.4. The summed E-state index contributed by atoms with van der Waals surface area (Å²) in [6.45, 7) is 2.11. The third-order valence-corrected chi connectivity index (χ3v) is 3.27. The minimum absolute atomic E-state index is 0.000907. The Hall–Kier alpha value is -2.34. The number of aliphatic hydroxyl groups is 1. The molecule has 6 nitrogen and oxygen atoms in total. The van der Waals surface area contributed by atoms with Crippen molar-refractivity contribution in [3.8, 4) is 5.75 Å². The summed E-state index contributed by atoms with van der Waals surface area (Å²) >= 11 is 0. The number of phenolic OH excluding ortho intramolecular Hbond substituents is 1. The van der Waals surface area contributed by atoms with E-state index in [0.717, 1.165) is 0 Å². The van der Waals surface area contributed by atoms with Crippen molar-refractivity contribution in [2.45, 2.75) is 19.8 Å². The Morgan fingerprint density at radius 1 is 1.38 bits per heavy atom. The number of fused-ring (bicyclic) bond motifs is 1. The fourth-order valence-corrected chi connectivity index (χ4v) is 2.12. The first kappa shape index (κ1) is 15.1. The number of phenols is 1. The van der Waals surface area contributed by atoms with Crippen LogP contribution in [0.3, 0.4) is 0 Å². The molecule has 21 heavy (non-hydrogen) atoms. The summed E-state index contributed by atoms with van der Waals surface area (Å²) in [6, 6.07) is 4.52. The van der Waals surface area contributed by atoms with E-state index in [1.807, 2.05) is 0 Å². The third-order valence-electron chi connectivity index (χ3n) is 3.27. The zero-order valence-corrected chi connectivity index (χ0v) is 11.7. The Morgan fingerprint density at radius 3 is 2.86 bits per heavy atom. The molecule has 0 saturated carbocycles. The van der Waals surface area contributed by atoms with Gasteiger partial charge in [-0.1, -0.05) is 0 Å². The van der Waals surface area contributed by atoms with Crippen LogP contribution in [0, 0.1) is 6.92 Å². The molecule has 6 heteroatoms. The summed E-state index contributed by atoms with van der Waals surface area (Å²) in [5.41, 5.74) is 0.679. The molecule has 0 bridgehead atoms. The van der Waals surface area contributed by atoms with Gasteiger partial charge in [-0.25, -0.2) is 4.79 Å². The van der Waals surface area contributed by atoms with Crippen LogP contribution < -0.4 is 10.9 Å². The maximum Gasteiger partial charge on any atom is 0.340 e. The van der Waals surface area contributed by atoms with Crippen LogP contribution in [0.25, 0.3) is 11.0 Å². The number of amides is 1. The number of aryl methyl sites for hydroxylation is 1. The Kier molecular flexibility index (Phi) is 4.59. The molecule has 0 aliphatic rings. The van der Waals surface area contributed by atoms with Gasteiger partial charge in [0.05, 0.1) is 12.0 Å². The summed E-state index contributed by atoms with van der Waals surface area (Å²) < 4.78 is 5.15. The number of rotatable bonds is 5. The number of nitrogens with one attached hydrogen (secondary N) is 1. The van der Waals surface area contributed by atoms with Gasteiger partial charge in [-0.05, 0) is 31.0 Å². The van der Waals surface area contributed by atoms with E-state index < -0.39 is 5.63 Å². The molecule has 2 aromatic rings. The molecule has 112 valence electrons. The summed E-state index contributed by atoms with van der Waals surface area (Å²) in [7, 11) is 0. The number of aromatic hydroxyl groups is 1. The molecule has 0 saturated heterocycles. The SMILES string of the molecule is Cc1c(CC(=O)NCCCO)c(=O)oc2cc(O)ccc12. The first-order valence-corrected chi connectivity index (χ1v) is 6.66. The molecule has 0 unspecified atom stereocenters. The van der Waals surface area contributed by atoms with E-state index in [2.05, 4.69) is 5.32 Å². The molecule has 0 fully saturated rings. The topological polar surface area (TPSA) is 99.8 Å². The molecule has 0 radical (unpaired) electrons. The highest BCUT2D eigenvalue weighted by atomic mass is 16.4. The Bertz CT molecular complexity index is 720. The largest absolute Gasteiger partial charge is 0.508 e. The molecule has 0 aliphatic heterocycles. The minimum atomic E-state index is -0.581. The van der Waals surface area contributed by atoms with E-state index in [0.29, 0.717) is 35.1 Å². The second-order valence-electron chi connectivity index (χ2n) is 4.78. The van der Waals surface area contributed by atoms with Crippen LogP contribution in [0.4, 0.5) is 0 Å². The van der Waals surface area contributed by atoms with E-state index in [9.17, 15) is 14.7 Å². The quantitative estimate of drug-likeness (QED) is 0.560. The fraction of sp³-hybridized carbons (Fsp3) is 0.333. The second kappa shape index (κ2) is 6.41. The Balaban J connectivity index is 2.30. The van der Waals surface area contributed by atoms with Gasteiger partial charge in [0.2, 0.25) is 5.91 Å². The molecule has 1 aromatic carbocycles. The first-order chi connectivity index (χ1) is 10.0. The van der Waals surface area contributed by atoms with Crippen molar-refractivity contribution in [3.05, 3.63) is 39.7 Å². The van der Waals surface area contributed by atoms with Gasteiger partial charge in [0.15, 0.2) is 0 Å². The van der Waals surface area contributed by atoms with Crippen LogP contribution in [0.1, 0.15) is 17.5 Å². The fourth-order valence-electron chi connectivity index (χ4n) is 2.12. The maximum absolute atomic E-state index is 12.0. The Morgan fingerprint density at radius 2 is 2.14 bits per heavy atom. The van der Waals surface area contributed by atoms with Crippen molar-refractivity contribution in [1.82, 2.24) is 5.32 Å². The van der Waals surface area contributed by atoms with Gasteiger partial charge in [0.1, 0.15) is 11.3 Å². The highest BCUT2D eigenvalue weighted by molar-refractivity contribution is 5.85. The van der Waals surface area contributed by atoms with Gasteiger partial charge in [-0.2, -0.15) is 0 Å². The number of carbonyl (C=O) groups excluding carboxylic acids is 1. The lowest BCUT2D eigenvalue weighted by atomic mass is 10.0. The molecule has 2 rings (SSSR count). The zero-order valence-electron chi connectivity index (χ0n) is 11.7. The third kappa shape index (κ3) is 3.41. The second-order valence-corrected chi connectivity index (χ2v) is 4.78. The molecule has 0 spiro atoms. The van der Waals surface area contributed by atoms with Crippen LogP contribution in [0.2, 0.25) is 0 Å². The van der Waals surface area contributed by atoms with Crippen LogP contribution in [0.15, 0.2) is 27.4 Å². The Labute approximate surface area is 121 Å². The number of hydrogen-bond donors (Lipinski definition) is 3. The average Bonchev–Trinajstić information content (AvgIpc) is 2.43. The lowest BCUT2D eigenvalue weighted by Crippen LogP contribution is -2.29. The summed E-state index contributed by atoms with van der Waals surface area (Å²) in [4.78, 5) is 23.7. The van der Waals surface area contributed by atoms with E-state index >= 15 is 0 Å². The molecule has 1 heterocycles. The van der Waals surface area contributed by atoms with Gasteiger partial charge in [0, 0.05) is 24.6 Å². The highest BCUT2D eigenvalue weighted by Gasteiger charge is 2.14. The molecular weight excluding hydrogens is 274 g/mol. The number of aliphatic hydroxyl groups excluding tert-OH is 1. The summed E-state index contributed by atoms with van der Waals surface area (Å²) in [5.74, 6) is -0.281. The van der Waals surface area contributed by atoms with Gasteiger partial charge < -0.3 is 19.9 Å². The lowest BCUT2D eigenvalue weighted by Gasteiger charge is -2.08. The van der Waals surface area contributed by atoms with Crippen molar-refractivity contribution < 1.29 is 19.4 Å². The lowest BCUT2D eigenvalue weighted by molar-refractivity contribution is -0.120. The number of carbonyl (C=O) groups is 1. The molecule has 0 aliphatic carbocycles. The van der Waals surface area contributed by atoms with Gasteiger partial charge in [0.25, 0.3) is 0 Å². The summed E-state index contributed by atoms with van der Waals surface area (Å²) in [6.07, 6.45) is 0.396. The van der Waals surface area contributed by atoms with E-state index in [1.165, 1.54) is 12.1 Å². The minimum Gasteiger partial charge on any atom is -0.508 e. The molecule has 1 aromatic heterocycles. The molecule has 3 N–H and O–H groups in total. The van der Waals surface area contributed by atoms with E-state index in [4.69, 9.17) is 9.52 Å². The van der Waals surface area contributed by atoms with Gasteiger partial charge in [-0.3, -0.25) is 4.79 Å². The van der Waals surface area contributed by atoms with Crippen LogP contribution in [0.5, 0.6) is 5.75 Å². The summed E-state index contributed by atoms with van der Waals surface area (Å²) in [5, 5.41) is 21.4. The monoisotopic (exact) mass is 291 g/mol. The van der Waals surface area contributed by atoms with Crippen molar-refractivity contribution in [1.29, 1.82) is 0 Å². The molecule has 1 amide bonds. The number of benzene rings is 1. The van der Waals surface area contributed by atoms with Crippen molar-refractivity contribution >= 4 is 16.9 Å². The van der Waals surface area contributed by atoms with Crippen LogP contribution in [-0.4, -0.2) is 29.3 Å². The maximum atomic E-state index is 12.0. The van der Waals surface area contributed by atoms with Crippen molar-refractivity contribution in [3.63, 3.8) is 0 Å². The van der Waals surface area contributed by atoms with E-state index in [-0.39, 0.29) is 24.7 Å². The molecule has 0 atom stereocenters. The first-order valence-electron chi connectivity index (χ1n) is 6.66. The smallest absolute Gasteiger partial charge is 0.340 e. The van der Waals surface area contributed by atoms with Crippen LogP contribution >= 0.6 is 0 Å². The molecular formula is C15H17NO5.